The number of hydrogen-bond donors (Lipinski definition) is 2. The lowest BCUT2D eigenvalue weighted by Crippen LogP contribution is -2.34. The maximum atomic E-state index is 6.04. The molecule has 1 heterocycles. The molecule has 0 spiro atoms. The van der Waals surface area contributed by atoms with Gasteiger partial charge in [-0.15, -0.1) is 0 Å². The minimum absolute atomic E-state index is 0.357. The summed E-state index contributed by atoms with van der Waals surface area (Å²) in [6.07, 6.45) is 6.59. The first-order valence-electron chi connectivity index (χ1n) is 7.36. The fourth-order valence-corrected chi connectivity index (χ4v) is 2.81. The molecule has 3 nitrogen and oxygen atoms in total. The Kier molecular flexibility index (Phi) is 6.21. The topological polar surface area (TPSA) is 50.9 Å². The SMILES string of the molecule is CCCNC(Cc1cnccc1N)Cc1ccccc1Br. The number of nitrogens with two attached hydrogens (primary N) is 1. The van der Waals surface area contributed by atoms with Gasteiger partial charge in [0.15, 0.2) is 0 Å². The molecule has 3 N–H and O–H groups in total. The molecule has 0 saturated heterocycles. The summed E-state index contributed by atoms with van der Waals surface area (Å²) in [7, 11) is 0. The normalized spacial score (nSPS) is 12.3. The van der Waals surface area contributed by atoms with Crippen LogP contribution >= 0.6 is 15.9 Å². The second-order valence-electron chi connectivity index (χ2n) is 5.23. The van der Waals surface area contributed by atoms with Crippen LogP contribution in [0.5, 0.6) is 0 Å². The number of anilines is 1. The maximum absolute atomic E-state index is 6.04. The molecule has 1 aromatic carbocycles. The van der Waals surface area contributed by atoms with Gasteiger partial charge in [-0.1, -0.05) is 41.1 Å². The Morgan fingerprint density at radius 2 is 1.95 bits per heavy atom. The van der Waals surface area contributed by atoms with E-state index in [1.807, 2.05) is 18.3 Å². The predicted octanol–water partition coefficient (Wildman–Crippen LogP) is 3.58. The molecule has 2 rings (SSSR count). The smallest absolute Gasteiger partial charge is 0.0378 e. The van der Waals surface area contributed by atoms with E-state index in [2.05, 4.69) is 51.4 Å². The molecule has 0 aliphatic heterocycles. The lowest BCUT2D eigenvalue weighted by atomic mass is 9.99. The first kappa shape index (κ1) is 16.0. The quantitative estimate of drug-likeness (QED) is 0.804. The van der Waals surface area contributed by atoms with E-state index in [1.54, 1.807) is 6.20 Å². The Bertz CT molecular complexity index is 524. The highest BCUT2D eigenvalue weighted by Crippen LogP contribution is 2.20. The van der Waals surface area contributed by atoms with Gasteiger partial charge in [0, 0.05) is 28.6 Å². The van der Waals surface area contributed by atoms with Crippen molar-refractivity contribution >= 4 is 21.6 Å². The Balaban J connectivity index is 2.11. The van der Waals surface area contributed by atoms with Crippen molar-refractivity contribution in [1.29, 1.82) is 0 Å². The number of nitrogens with one attached hydrogen (secondary N) is 1. The van der Waals surface area contributed by atoms with E-state index in [0.717, 1.165) is 41.5 Å². The molecule has 1 aromatic heterocycles. The summed E-state index contributed by atoms with van der Waals surface area (Å²) in [6.45, 7) is 3.19. The largest absolute Gasteiger partial charge is 0.398 e. The lowest BCUT2D eigenvalue weighted by Gasteiger charge is -2.20. The van der Waals surface area contributed by atoms with Gasteiger partial charge in [0.05, 0.1) is 0 Å². The highest BCUT2D eigenvalue weighted by molar-refractivity contribution is 9.10. The van der Waals surface area contributed by atoms with Crippen LogP contribution in [0.3, 0.4) is 0 Å². The van der Waals surface area contributed by atoms with Crippen molar-refractivity contribution in [3.8, 4) is 0 Å². The van der Waals surface area contributed by atoms with E-state index < -0.39 is 0 Å². The van der Waals surface area contributed by atoms with Gasteiger partial charge in [-0.2, -0.15) is 0 Å². The van der Waals surface area contributed by atoms with Gasteiger partial charge in [-0.05, 0) is 49.1 Å². The minimum Gasteiger partial charge on any atom is -0.398 e. The Hall–Kier alpha value is -1.39. The number of nitrogen functional groups attached to an aromatic ring is 1. The zero-order valence-corrected chi connectivity index (χ0v) is 13.9. The summed E-state index contributed by atoms with van der Waals surface area (Å²) < 4.78 is 1.16. The van der Waals surface area contributed by atoms with Gasteiger partial charge in [-0.25, -0.2) is 0 Å². The van der Waals surface area contributed by atoms with Crippen LogP contribution in [-0.2, 0) is 12.8 Å². The van der Waals surface area contributed by atoms with Gasteiger partial charge >= 0.3 is 0 Å². The molecule has 0 aliphatic carbocycles. The van der Waals surface area contributed by atoms with Crippen molar-refractivity contribution in [3.05, 3.63) is 58.3 Å². The van der Waals surface area contributed by atoms with Crippen LogP contribution in [0.2, 0.25) is 0 Å². The number of aromatic nitrogens is 1. The minimum atomic E-state index is 0.357. The molecule has 1 unspecified atom stereocenters. The van der Waals surface area contributed by atoms with Crippen LogP contribution in [0.1, 0.15) is 24.5 Å². The zero-order valence-electron chi connectivity index (χ0n) is 12.3. The Labute approximate surface area is 135 Å². The summed E-state index contributed by atoms with van der Waals surface area (Å²) in [4.78, 5) is 4.19. The third-order valence-corrected chi connectivity index (χ3v) is 4.29. The van der Waals surface area contributed by atoms with Gasteiger partial charge in [-0.3, -0.25) is 4.98 Å². The average Bonchev–Trinajstić information content (AvgIpc) is 2.49. The fourth-order valence-electron chi connectivity index (χ4n) is 2.37. The molecule has 1 atom stereocenters. The summed E-state index contributed by atoms with van der Waals surface area (Å²) in [6, 6.07) is 10.6. The van der Waals surface area contributed by atoms with Gasteiger partial charge < -0.3 is 11.1 Å². The number of pyridine rings is 1. The molecule has 0 aliphatic rings. The van der Waals surface area contributed by atoms with Crippen molar-refractivity contribution in [3.63, 3.8) is 0 Å². The van der Waals surface area contributed by atoms with E-state index >= 15 is 0 Å². The second kappa shape index (κ2) is 8.15. The number of rotatable bonds is 7. The second-order valence-corrected chi connectivity index (χ2v) is 6.08. The average molecular weight is 348 g/mol. The van der Waals surface area contributed by atoms with Crippen LogP contribution in [0.15, 0.2) is 47.2 Å². The molecule has 112 valence electrons. The fraction of sp³-hybridized carbons (Fsp3) is 0.353. The number of nitrogens with zero attached hydrogens (tertiary/aromatic N) is 1. The number of hydrogen-bond acceptors (Lipinski definition) is 3. The molecule has 4 heteroatoms. The first-order valence-corrected chi connectivity index (χ1v) is 8.15. The van der Waals surface area contributed by atoms with Crippen molar-refractivity contribution in [2.45, 2.75) is 32.2 Å². The van der Waals surface area contributed by atoms with Crippen molar-refractivity contribution in [1.82, 2.24) is 10.3 Å². The van der Waals surface area contributed by atoms with E-state index in [-0.39, 0.29) is 0 Å². The van der Waals surface area contributed by atoms with Crippen LogP contribution in [0.25, 0.3) is 0 Å². The monoisotopic (exact) mass is 347 g/mol. The van der Waals surface area contributed by atoms with Crippen LogP contribution in [0.4, 0.5) is 5.69 Å². The summed E-state index contributed by atoms with van der Waals surface area (Å²) >= 11 is 3.63. The highest BCUT2D eigenvalue weighted by atomic mass is 79.9. The van der Waals surface area contributed by atoms with Crippen LogP contribution in [0, 0.1) is 0 Å². The van der Waals surface area contributed by atoms with E-state index in [9.17, 15) is 0 Å². The molecule has 0 bridgehead atoms. The van der Waals surface area contributed by atoms with Crippen LogP contribution < -0.4 is 11.1 Å². The third-order valence-electron chi connectivity index (χ3n) is 3.51. The predicted molar refractivity (Wildman–Crippen MR) is 92.3 cm³/mol. The molecular formula is C17H22BrN3. The lowest BCUT2D eigenvalue weighted by molar-refractivity contribution is 0.504. The van der Waals surface area contributed by atoms with E-state index in [1.165, 1.54) is 5.56 Å². The van der Waals surface area contributed by atoms with Crippen LogP contribution in [-0.4, -0.2) is 17.6 Å². The highest BCUT2D eigenvalue weighted by Gasteiger charge is 2.13. The molecule has 2 aromatic rings. The summed E-state index contributed by atoms with van der Waals surface area (Å²) in [5.74, 6) is 0. The molecule has 21 heavy (non-hydrogen) atoms. The van der Waals surface area contributed by atoms with Crippen molar-refractivity contribution in [2.75, 3.05) is 12.3 Å². The third kappa shape index (κ3) is 4.83. The number of benzene rings is 1. The Morgan fingerprint density at radius 1 is 1.19 bits per heavy atom. The Morgan fingerprint density at radius 3 is 2.67 bits per heavy atom. The summed E-state index contributed by atoms with van der Waals surface area (Å²) in [5.41, 5.74) is 9.29. The molecular weight excluding hydrogens is 326 g/mol. The van der Waals surface area contributed by atoms with Gasteiger partial charge in [0.25, 0.3) is 0 Å². The van der Waals surface area contributed by atoms with E-state index in [4.69, 9.17) is 5.73 Å². The van der Waals surface area contributed by atoms with Gasteiger partial charge in [0.1, 0.15) is 0 Å². The molecule has 0 radical (unpaired) electrons. The zero-order chi connectivity index (χ0) is 15.1. The van der Waals surface area contributed by atoms with Crippen molar-refractivity contribution in [2.24, 2.45) is 0 Å². The summed E-state index contributed by atoms with van der Waals surface area (Å²) in [5, 5.41) is 3.62. The van der Waals surface area contributed by atoms with Gasteiger partial charge in [0.2, 0.25) is 0 Å². The first-order chi connectivity index (χ1) is 10.2. The molecule has 0 saturated carbocycles. The maximum Gasteiger partial charge on any atom is 0.0378 e. The van der Waals surface area contributed by atoms with E-state index in [0.29, 0.717) is 6.04 Å². The molecule has 0 amide bonds. The molecule has 0 fully saturated rings. The standard InChI is InChI=1S/C17H22BrN3/c1-2-8-21-15(10-13-5-3-4-6-16(13)18)11-14-12-20-9-7-17(14)19/h3-7,9,12,15,21H,2,8,10-11H2,1H3,(H2,19,20). The number of halogens is 1. The van der Waals surface area contributed by atoms with Crippen molar-refractivity contribution < 1.29 is 0 Å².